The standard InChI is InChI=1S/C18H19Cl2NO4/c1-9(2)25-24-8-12-10(3)21-17-13(7-23-18(17)22)15(12)11-5-4-6-14(19)16(11)20/h4-6,9,12,15H,7-8H2,1-3H3. The Morgan fingerprint density at radius 1 is 1.36 bits per heavy atom. The molecule has 2 heterocycles. The topological polar surface area (TPSA) is 57.1 Å². The molecule has 25 heavy (non-hydrogen) atoms. The van der Waals surface area contributed by atoms with Gasteiger partial charge in [0.05, 0.1) is 22.8 Å². The fourth-order valence-corrected chi connectivity index (χ4v) is 3.56. The molecule has 2 aliphatic heterocycles. The number of hydrogen-bond acceptors (Lipinski definition) is 5. The third-order valence-corrected chi connectivity index (χ3v) is 5.12. The molecule has 3 rings (SSSR count). The first-order chi connectivity index (χ1) is 11.9. The smallest absolute Gasteiger partial charge is 0.357 e. The number of esters is 1. The molecule has 0 bridgehead atoms. The van der Waals surface area contributed by atoms with Crippen molar-refractivity contribution >= 4 is 34.9 Å². The van der Waals surface area contributed by atoms with Crippen molar-refractivity contribution in [3.8, 4) is 0 Å². The van der Waals surface area contributed by atoms with Crippen LogP contribution in [0.1, 0.15) is 32.3 Å². The normalized spacial score (nSPS) is 23.0. The van der Waals surface area contributed by atoms with Crippen LogP contribution in [0.25, 0.3) is 0 Å². The Bertz CT molecular complexity index is 757. The molecule has 2 aliphatic rings. The van der Waals surface area contributed by atoms with Gasteiger partial charge < -0.3 is 4.74 Å². The van der Waals surface area contributed by atoms with E-state index in [1.165, 1.54) is 0 Å². The van der Waals surface area contributed by atoms with Gasteiger partial charge in [0, 0.05) is 23.1 Å². The van der Waals surface area contributed by atoms with Gasteiger partial charge in [-0.15, -0.1) is 0 Å². The van der Waals surface area contributed by atoms with E-state index in [1.54, 1.807) is 6.07 Å². The van der Waals surface area contributed by atoms with Crippen molar-refractivity contribution in [3.05, 3.63) is 45.1 Å². The van der Waals surface area contributed by atoms with Gasteiger partial charge in [-0.05, 0) is 32.4 Å². The highest BCUT2D eigenvalue weighted by Gasteiger charge is 2.41. The number of carbonyl (C=O) groups excluding carboxylic acids is 1. The van der Waals surface area contributed by atoms with Crippen molar-refractivity contribution in [2.24, 2.45) is 10.9 Å². The Balaban J connectivity index is 2.01. The van der Waals surface area contributed by atoms with E-state index in [4.69, 9.17) is 37.7 Å². The molecule has 0 amide bonds. The summed E-state index contributed by atoms with van der Waals surface area (Å²) in [4.78, 5) is 27.1. The maximum absolute atomic E-state index is 12.0. The summed E-state index contributed by atoms with van der Waals surface area (Å²) in [5.41, 5.74) is 2.76. The van der Waals surface area contributed by atoms with Crippen LogP contribution in [0.3, 0.4) is 0 Å². The van der Waals surface area contributed by atoms with Crippen LogP contribution in [-0.4, -0.2) is 31.0 Å². The summed E-state index contributed by atoms with van der Waals surface area (Å²) < 4.78 is 5.19. The molecule has 1 aromatic rings. The summed E-state index contributed by atoms with van der Waals surface area (Å²) >= 11 is 12.7. The third-order valence-electron chi connectivity index (χ3n) is 4.28. The first-order valence-corrected chi connectivity index (χ1v) is 8.83. The molecule has 1 aromatic carbocycles. The average Bonchev–Trinajstić information content (AvgIpc) is 2.91. The number of halogens is 2. The molecule has 7 heteroatoms. The number of rotatable bonds is 5. The number of hydrogen-bond donors (Lipinski definition) is 0. The largest absolute Gasteiger partial charge is 0.456 e. The predicted molar refractivity (Wildman–Crippen MR) is 96.0 cm³/mol. The maximum Gasteiger partial charge on any atom is 0.357 e. The number of aliphatic imine (C=N–C) groups is 1. The van der Waals surface area contributed by atoms with Crippen LogP contribution in [0, 0.1) is 5.92 Å². The van der Waals surface area contributed by atoms with Crippen LogP contribution in [0.2, 0.25) is 10.0 Å². The molecule has 0 radical (unpaired) electrons. The molecule has 5 nitrogen and oxygen atoms in total. The zero-order valence-electron chi connectivity index (χ0n) is 14.2. The van der Waals surface area contributed by atoms with Gasteiger partial charge in [0.25, 0.3) is 0 Å². The SMILES string of the molecule is CC1=NC2=C(COC2=O)C(c2cccc(Cl)c2Cl)C1COOC(C)C. The van der Waals surface area contributed by atoms with E-state index >= 15 is 0 Å². The van der Waals surface area contributed by atoms with Crippen molar-refractivity contribution < 1.29 is 19.3 Å². The minimum absolute atomic E-state index is 0.0554. The number of carbonyl (C=O) groups is 1. The summed E-state index contributed by atoms with van der Waals surface area (Å²) in [5.74, 6) is -0.751. The number of nitrogens with zero attached hydrogens (tertiary/aromatic N) is 1. The monoisotopic (exact) mass is 383 g/mol. The summed E-state index contributed by atoms with van der Waals surface area (Å²) in [5, 5.41) is 0.926. The van der Waals surface area contributed by atoms with Crippen LogP contribution in [0.4, 0.5) is 0 Å². The quantitative estimate of drug-likeness (QED) is 0.431. The lowest BCUT2D eigenvalue weighted by Gasteiger charge is -2.31. The average molecular weight is 384 g/mol. The van der Waals surface area contributed by atoms with Gasteiger partial charge in [0.1, 0.15) is 6.61 Å². The van der Waals surface area contributed by atoms with Gasteiger partial charge in [0.2, 0.25) is 0 Å². The minimum Gasteiger partial charge on any atom is -0.456 e. The van der Waals surface area contributed by atoms with Crippen molar-refractivity contribution in [3.63, 3.8) is 0 Å². The highest BCUT2D eigenvalue weighted by atomic mass is 35.5. The zero-order valence-corrected chi connectivity index (χ0v) is 15.7. The van der Waals surface area contributed by atoms with Crippen molar-refractivity contribution in [1.29, 1.82) is 0 Å². The van der Waals surface area contributed by atoms with Gasteiger partial charge in [-0.2, -0.15) is 0 Å². The van der Waals surface area contributed by atoms with E-state index in [2.05, 4.69) is 4.99 Å². The van der Waals surface area contributed by atoms with Gasteiger partial charge in [-0.25, -0.2) is 19.6 Å². The highest BCUT2D eigenvalue weighted by molar-refractivity contribution is 6.42. The lowest BCUT2D eigenvalue weighted by atomic mass is 9.76. The first kappa shape index (κ1) is 18.4. The molecule has 0 saturated carbocycles. The van der Waals surface area contributed by atoms with Gasteiger partial charge >= 0.3 is 5.97 Å². The summed E-state index contributed by atoms with van der Waals surface area (Å²) in [7, 11) is 0. The maximum atomic E-state index is 12.0. The van der Waals surface area contributed by atoms with Gasteiger partial charge in [-0.3, -0.25) is 0 Å². The molecular weight excluding hydrogens is 365 g/mol. The second-order valence-corrected chi connectivity index (χ2v) is 7.15. The fraction of sp³-hybridized carbons (Fsp3) is 0.444. The van der Waals surface area contributed by atoms with E-state index < -0.39 is 5.97 Å². The van der Waals surface area contributed by atoms with Crippen LogP contribution >= 0.6 is 23.2 Å². The Morgan fingerprint density at radius 2 is 2.12 bits per heavy atom. The molecule has 0 N–H and O–H groups in total. The second kappa shape index (κ2) is 7.46. The minimum atomic E-state index is -0.407. The molecule has 0 aromatic heterocycles. The Morgan fingerprint density at radius 3 is 2.84 bits per heavy atom. The fourth-order valence-electron chi connectivity index (χ4n) is 3.14. The predicted octanol–water partition coefficient (Wildman–Crippen LogP) is 4.34. The van der Waals surface area contributed by atoms with E-state index in [0.29, 0.717) is 15.7 Å². The molecule has 134 valence electrons. The lowest BCUT2D eigenvalue weighted by Crippen LogP contribution is -2.31. The van der Waals surface area contributed by atoms with E-state index in [-0.39, 0.29) is 31.2 Å². The third kappa shape index (κ3) is 3.60. The highest BCUT2D eigenvalue weighted by Crippen LogP contribution is 2.45. The number of ether oxygens (including phenoxy) is 1. The summed E-state index contributed by atoms with van der Waals surface area (Å²) in [6.45, 7) is 6.12. The van der Waals surface area contributed by atoms with Crippen LogP contribution in [0.5, 0.6) is 0 Å². The summed E-state index contributed by atoms with van der Waals surface area (Å²) in [6, 6.07) is 5.47. The van der Waals surface area contributed by atoms with Gasteiger partial charge in [0.15, 0.2) is 5.70 Å². The number of cyclic esters (lactones) is 1. The second-order valence-electron chi connectivity index (χ2n) is 6.36. The van der Waals surface area contributed by atoms with Crippen LogP contribution in [-0.2, 0) is 19.3 Å². The first-order valence-electron chi connectivity index (χ1n) is 8.07. The van der Waals surface area contributed by atoms with Crippen molar-refractivity contribution in [2.45, 2.75) is 32.8 Å². The van der Waals surface area contributed by atoms with Crippen LogP contribution < -0.4 is 0 Å². The van der Waals surface area contributed by atoms with Crippen molar-refractivity contribution in [1.82, 2.24) is 0 Å². The molecule has 0 aliphatic carbocycles. The van der Waals surface area contributed by atoms with Crippen molar-refractivity contribution in [2.75, 3.05) is 13.2 Å². The van der Waals surface area contributed by atoms with Gasteiger partial charge in [-0.1, -0.05) is 35.3 Å². The Kier molecular flexibility index (Phi) is 5.49. The lowest BCUT2D eigenvalue weighted by molar-refractivity contribution is -0.320. The molecule has 0 saturated heterocycles. The van der Waals surface area contributed by atoms with E-state index in [9.17, 15) is 4.79 Å². The van der Waals surface area contributed by atoms with E-state index in [0.717, 1.165) is 16.8 Å². The van der Waals surface area contributed by atoms with Crippen LogP contribution in [0.15, 0.2) is 34.5 Å². The van der Waals surface area contributed by atoms with E-state index in [1.807, 2.05) is 32.9 Å². The zero-order chi connectivity index (χ0) is 18.1. The molecular formula is C18H19Cl2NO4. The number of benzene rings is 1. The Labute approximate surface area is 156 Å². The molecule has 0 spiro atoms. The molecule has 0 fully saturated rings. The molecule has 2 atom stereocenters. The summed E-state index contributed by atoms with van der Waals surface area (Å²) in [6.07, 6.45) is -0.0554. The Hall–Kier alpha value is -1.40. The molecule has 2 unspecified atom stereocenters.